The number of halogens is 1. The van der Waals surface area contributed by atoms with Gasteiger partial charge in [0.05, 0.1) is 4.90 Å². The average Bonchev–Trinajstić information content (AvgIpc) is 2.54. The first kappa shape index (κ1) is 11.0. The molecule has 1 aromatic carbocycles. The lowest BCUT2D eigenvalue weighted by Crippen LogP contribution is -2.08. The molecule has 3 rings (SSSR count). The van der Waals surface area contributed by atoms with Crippen molar-refractivity contribution in [3.05, 3.63) is 24.1 Å². The maximum Gasteiger partial charge on any atom is 0.261 e. The quantitative estimate of drug-likeness (QED) is 0.788. The number of hydrogen-bond acceptors (Lipinski definition) is 4. The van der Waals surface area contributed by atoms with Gasteiger partial charge in [-0.2, -0.15) is 0 Å². The third-order valence-electron chi connectivity index (χ3n) is 3.11. The predicted molar refractivity (Wildman–Crippen MR) is 63.6 cm³/mol. The Balaban J connectivity index is 2.10. The van der Waals surface area contributed by atoms with E-state index in [4.69, 9.17) is 15.1 Å². The Morgan fingerprint density at radius 1 is 1.35 bits per heavy atom. The van der Waals surface area contributed by atoms with Crippen LogP contribution >= 0.6 is 10.7 Å². The molecule has 0 radical (unpaired) electrons. The SMILES string of the molecule is O=S(=O)(Cl)c1ccc2oc(C3CCC3)nc2c1. The molecule has 0 saturated heterocycles. The standard InChI is InChI=1S/C11H10ClNO3S/c12-17(14,15)8-4-5-10-9(6-8)13-11(16-10)7-2-1-3-7/h4-7H,1-3H2. The van der Waals surface area contributed by atoms with Crippen molar-refractivity contribution >= 4 is 30.8 Å². The van der Waals surface area contributed by atoms with Crippen LogP contribution < -0.4 is 0 Å². The monoisotopic (exact) mass is 271 g/mol. The van der Waals surface area contributed by atoms with Gasteiger partial charge < -0.3 is 4.42 Å². The van der Waals surface area contributed by atoms with Crippen LogP contribution in [-0.4, -0.2) is 13.4 Å². The summed E-state index contributed by atoms with van der Waals surface area (Å²) in [5, 5.41) is 0. The Kier molecular flexibility index (Phi) is 2.41. The summed E-state index contributed by atoms with van der Waals surface area (Å²) in [6.07, 6.45) is 3.38. The second-order valence-electron chi connectivity index (χ2n) is 4.25. The maximum atomic E-state index is 11.2. The Morgan fingerprint density at radius 3 is 2.71 bits per heavy atom. The van der Waals surface area contributed by atoms with Crippen molar-refractivity contribution in [2.24, 2.45) is 0 Å². The molecule has 1 saturated carbocycles. The van der Waals surface area contributed by atoms with Gasteiger partial charge in [-0.25, -0.2) is 13.4 Å². The average molecular weight is 272 g/mol. The zero-order valence-corrected chi connectivity index (χ0v) is 10.5. The highest BCUT2D eigenvalue weighted by Gasteiger charge is 2.25. The van der Waals surface area contributed by atoms with E-state index in [0.717, 1.165) is 12.8 Å². The van der Waals surface area contributed by atoms with E-state index < -0.39 is 9.05 Å². The fourth-order valence-corrected chi connectivity index (χ4v) is 2.68. The van der Waals surface area contributed by atoms with Gasteiger partial charge in [0, 0.05) is 16.6 Å². The zero-order valence-electron chi connectivity index (χ0n) is 8.89. The molecule has 1 fully saturated rings. The van der Waals surface area contributed by atoms with Crippen LogP contribution in [0.5, 0.6) is 0 Å². The van der Waals surface area contributed by atoms with Gasteiger partial charge in [-0.1, -0.05) is 6.42 Å². The molecule has 1 heterocycles. The summed E-state index contributed by atoms with van der Waals surface area (Å²) in [5.41, 5.74) is 1.16. The smallest absolute Gasteiger partial charge is 0.261 e. The lowest BCUT2D eigenvalue weighted by Gasteiger charge is -2.21. The van der Waals surface area contributed by atoms with E-state index >= 15 is 0 Å². The lowest BCUT2D eigenvalue weighted by molar-refractivity contribution is 0.344. The highest BCUT2D eigenvalue weighted by Crippen LogP contribution is 2.37. The van der Waals surface area contributed by atoms with Crippen molar-refractivity contribution in [1.29, 1.82) is 0 Å². The third kappa shape index (κ3) is 1.93. The van der Waals surface area contributed by atoms with E-state index in [1.54, 1.807) is 6.07 Å². The molecule has 17 heavy (non-hydrogen) atoms. The van der Waals surface area contributed by atoms with E-state index in [2.05, 4.69) is 4.98 Å². The largest absolute Gasteiger partial charge is 0.440 e. The molecule has 0 N–H and O–H groups in total. The number of nitrogens with zero attached hydrogens (tertiary/aromatic N) is 1. The molecule has 1 aliphatic rings. The number of aromatic nitrogens is 1. The summed E-state index contributed by atoms with van der Waals surface area (Å²) in [6, 6.07) is 4.48. The summed E-state index contributed by atoms with van der Waals surface area (Å²) in [5.74, 6) is 1.09. The van der Waals surface area contributed by atoms with Crippen LogP contribution in [0.3, 0.4) is 0 Å². The predicted octanol–water partition coefficient (Wildman–Crippen LogP) is 3.02. The van der Waals surface area contributed by atoms with Gasteiger partial charge in [0.15, 0.2) is 11.5 Å². The normalized spacial score (nSPS) is 17.2. The molecule has 1 aliphatic carbocycles. The van der Waals surface area contributed by atoms with Crippen LogP contribution in [0.4, 0.5) is 0 Å². The van der Waals surface area contributed by atoms with Crippen molar-refractivity contribution in [2.45, 2.75) is 30.1 Å². The highest BCUT2D eigenvalue weighted by molar-refractivity contribution is 8.13. The summed E-state index contributed by atoms with van der Waals surface area (Å²) < 4.78 is 28.0. The molecule has 1 aromatic heterocycles. The molecule has 0 atom stereocenters. The molecule has 4 nitrogen and oxygen atoms in total. The highest BCUT2D eigenvalue weighted by atomic mass is 35.7. The van der Waals surface area contributed by atoms with Gasteiger partial charge in [0.1, 0.15) is 5.52 Å². The van der Waals surface area contributed by atoms with Gasteiger partial charge >= 0.3 is 0 Å². The van der Waals surface area contributed by atoms with Crippen LogP contribution in [-0.2, 0) is 9.05 Å². The molecule has 2 aromatic rings. The van der Waals surface area contributed by atoms with Crippen molar-refractivity contribution < 1.29 is 12.8 Å². The first-order valence-electron chi connectivity index (χ1n) is 5.39. The minimum Gasteiger partial charge on any atom is -0.440 e. The molecule has 0 unspecified atom stereocenters. The van der Waals surface area contributed by atoms with Crippen LogP contribution in [0.15, 0.2) is 27.5 Å². The zero-order chi connectivity index (χ0) is 12.0. The Morgan fingerprint density at radius 2 is 2.12 bits per heavy atom. The first-order valence-corrected chi connectivity index (χ1v) is 7.70. The minimum atomic E-state index is -3.71. The Hall–Kier alpha value is -1.07. The first-order chi connectivity index (χ1) is 8.04. The molecule has 0 aliphatic heterocycles. The van der Waals surface area contributed by atoms with Gasteiger partial charge in [0.25, 0.3) is 9.05 Å². The number of rotatable bonds is 2. The Labute approximate surface area is 103 Å². The number of benzene rings is 1. The van der Waals surface area contributed by atoms with E-state index in [1.165, 1.54) is 18.6 Å². The fourth-order valence-electron chi connectivity index (χ4n) is 1.91. The second kappa shape index (κ2) is 3.71. The van der Waals surface area contributed by atoms with E-state index in [-0.39, 0.29) is 4.90 Å². The third-order valence-corrected chi connectivity index (χ3v) is 4.46. The summed E-state index contributed by atoms with van der Waals surface area (Å²) in [4.78, 5) is 4.37. The molecule has 0 amide bonds. The van der Waals surface area contributed by atoms with E-state index in [1.807, 2.05) is 0 Å². The second-order valence-corrected chi connectivity index (χ2v) is 6.81. The number of fused-ring (bicyclic) bond motifs is 1. The number of hydrogen-bond donors (Lipinski definition) is 0. The Bertz CT molecular complexity index is 673. The lowest BCUT2D eigenvalue weighted by atomic mass is 9.85. The van der Waals surface area contributed by atoms with Crippen molar-refractivity contribution in [3.8, 4) is 0 Å². The summed E-state index contributed by atoms with van der Waals surface area (Å²) >= 11 is 0. The molecule has 0 bridgehead atoms. The molecular weight excluding hydrogens is 262 g/mol. The van der Waals surface area contributed by atoms with Gasteiger partial charge in [-0.05, 0) is 31.0 Å². The molecular formula is C11H10ClNO3S. The van der Waals surface area contributed by atoms with Gasteiger partial charge in [-0.15, -0.1) is 0 Å². The molecule has 0 spiro atoms. The van der Waals surface area contributed by atoms with E-state index in [0.29, 0.717) is 22.9 Å². The minimum absolute atomic E-state index is 0.0557. The van der Waals surface area contributed by atoms with Crippen molar-refractivity contribution in [3.63, 3.8) is 0 Å². The topological polar surface area (TPSA) is 60.2 Å². The number of oxazole rings is 1. The van der Waals surface area contributed by atoms with Crippen LogP contribution in [0.2, 0.25) is 0 Å². The van der Waals surface area contributed by atoms with Crippen LogP contribution in [0, 0.1) is 0 Å². The van der Waals surface area contributed by atoms with Crippen molar-refractivity contribution in [2.75, 3.05) is 0 Å². The summed E-state index contributed by atoms with van der Waals surface area (Å²) in [6.45, 7) is 0. The molecule has 6 heteroatoms. The van der Waals surface area contributed by atoms with Crippen molar-refractivity contribution in [1.82, 2.24) is 4.98 Å². The maximum absolute atomic E-state index is 11.2. The van der Waals surface area contributed by atoms with E-state index in [9.17, 15) is 8.42 Å². The summed E-state index contributed by atoms with van der Waals surface area (Å²) in [7, 11) is 1.57. The van der Waals surface area contributed by atoms with Crippen LogP contribution in [0.1, 0.15) is 31.1 Å². The van der Waals surface area contributed by atoms with Crippen LogP contribution in [0.25, 0.3) is 11.1 Å². The van der Waals surface area contributed by atoms with Gasteiger partial charge in [0.2, 0.25) is 0 Å². The molecule has 90 valence electrons. The van der Waals surface area contributed by atoms with Gasteiger partial charge in [-0.3, -0.25) is 0 Å². The fraction of sp³-hybridized carbons (Fsp3) is 0.364.